The first-order valence-electron chi connectivity index (χ1n) is 2.76. The van der Waals surface area contributed by atoms with Gasteiger partial charge < -0.3 is 0 Å². The molecule has 1 heterocycles. The summed E-state index contributed by atoms with van der Waals surface area (Å²) < 4.78 is 3.95. The summed E-state index contributed by atoms with van der Waals surface area (Å²) in [6.07, 6.45) is 7.76. The second-order valence-electron chi connectivity index (χ2n) is 1.59. The van der Waals surface area contributed by atoms with Crippen molar-refractivity contribution >= 4 is 24.2 Å². The number of rotatable bonds is 1. The van der Waals surface area contributed by atoms with Crippen LogP contribution in [0.25, 0.3) is 0 Å². The zero-order valence-corrected chi connectivity index (χ0v) is 7.05. The van der Waals surface area contributed by atoms with E-state index in [4.69, 9.17) is 0 Å². The van der Waals surface area contributed by atoms with Crippen molar-refractivity contribution in [2.75, 3.05) is 0 Å². The molecule has 0 saturated heterocycles. The fourth-order valence-electron chi connectivity index (χ4n) is 0.551. The van der Waals surface area contributed by atoms with Crippen LogP contribution in [0.3, 0.4) is 0 Å². The average molecular weight is 220 g/mol. The van der Waals surface area contributed by atoms with E-state index in [0.29, 0.717) is 20.7 Å². The third-order valence-electron chi connectivity index (χ3n) is 1.00. The Balaban J connectivity index is 2.68. The van der Waals surface area contributed by atoms with Gasteiger partial charge in [0.1, 0.15) is 0 Å². The minimum atomic E-state index is 0.298. The first-order valence-corrected chi connectivity index (χ1v) is 5.08. The lowest BCUT2D eigenvalue weighted by atomic mass is 10.3. The van der Waals surface area contributed by atoms with E-state index in [0.717, 1.165) is 0 Å². The van der Waals surface area contributed by atoms with Crippen LogP contribution < -0.4 is 0 Å². The quantitative estimate of drug-likeness (QED) is 0.596. The molecule has 0 unspecified atom stereocenters. The normalized spacial score (nSPS) is 17.4. The van der Waals surface area contributed by atoms with Crippen LogP contribution in [0.4, 0.5) is 0 Å². The van der Waals surface area contributed by atoms with Crippen molar-refractivity contribution in [2.24, 2.45) is 0 Å². The van der Waals surface area contributed by atoms with Crippen LogP contribution in [-0.2, 0) is 0 Å². The zero-order chi connectivity index (χ0) is 5.82. The molecule has 0 nitrogen and oxygen atoms in total. The number of halogens is 1. The Hall–Kier alpha value is 0.0800. The van der Waals surface area contributed by atoms with Crippen molar-refractivity contribution < 1.29 is 0 Å². The van der Waals surface area contributed by atoms with Gasteiger partial charge in [0, 0.05) is 0 Å². The maximum absolute atomic E-state index is 2.30. The van der Waals surface area contributed by atoms with E-state index in [9.17, 15) is 0 Å². The summed E-state index contributed by atoms with van der Waals surface area (Å²) in [5.41, 5.74) is 0. The predicted molar refractivity (Wildman–Crippen MR) is 47.6 cm³/mol. The fourth-order valence-corrected chi connectivity index (χ4v) is 2.32. The molecule has 0 aromatic rings. The maximum Gasteiger partial charge on any atom is -0.0150 e. The van der Waals surface area contributed by atoms with Gasteiger partial charge in [0.2, 0.25) is 0 Å². The molecule has 0 aromatic carbocycles. The molecule has 0 fully saturated rings. The van der Waals surface area contributed by atoms with Crippen molar-refractivity contribution in [2.45, 2.75) is 13.3 Å². The Morgan fingerprint density at radius 1 is 1.50 bits per heavy atom. The molecular formula is C7H9I. The molecule has 1 aliphatic heterocycles. The molecule has 0 radical (unpaired) electrons. The summed E-state index contributed by atoms with van der Waals surface area (Å²) in [6, 6.07) is 0. The SMILES string of the molecule is CCC1=IC=CC=C1. The summed E-state index contributed by atoms with van der Waals surface area (Å²) in [5, 5.41) is 0. The minimum absolute atomic E-state index is 0.298. The van der Waals surface area contributed by atoms with Gasteiger partial charge in [-0.2, -0.15) is 0 Å². The van der Waals surface area contributed by atoms with Gasteiger partial charge in [0.25, 0.3) is 0 Å². The molecule has 0 saturated carbocycles. The monoisotopic (exact) mass is 220 g/mol. The Labute approximate surface area is 60.0 Å². The lowest BCUT2D eigenvalue weighted by Crippen LogP contribution is -1.84. The van der Waals surface area contributed by atoms with Crippen LogP contribution in [0.5, 0.6) is 0 Å². The Morgan fingerprint density at radius 3 is 2.75 bits per heavy atom. The first-order chi connectivity index (χ1) is 3.93. The van der Waals surface area contributed by atoms with Crippen LogP contribution in [-0.4, -0.2) is 3.51 Å². The van der Waals surface area contributed by atoms with Gasteiger partial charge in [-0.25, -0.2) is 0 Å². The third kappa shape index (κ3) is 1.54. The molecule has 44 valence electrons. The van der Waals surface area contributed by atoms with Crippen LogP contribution in [0.2, 0.25) is 0 Å². The highest BCUT2D eigenvalue weighted by Crippen LogP contribution is 2.10. The van der Waals surface area contributed by atoms with E-state index in [-0.39, 0.29) is 0 Å². The first kappa shape index (κ1) is 6.20. The number of allylic oxidation sites excluding steroid dienone is 3. The van der Waals surface area contributed by atoms with E-state index in [1.165, 1.54) is 6.42 Å². The van der Waals surface area contributed by atoms with Crippen molar-refractivity contribution in [1.82, 2.24) is 0 Å². The zero-order valence-electron chi connectivity index (χ0n) is 4.89. The Morgan fingerprint density at radius 2 is 2.38 bits per heavy atom. The molecule has 0 aliphatic carbocycles. The van der Waals surface area contributed by atoms with E-state index < -0.39 is 0 Å². The minimum Gasteiger partial charge on any atom is -0.0902 e. The van der Waals surface area contributed by atoms with Gasteiger partial charge in [-0.05, 0) is 14.0 Å². The van der Waals surface area contributed by atoms with Crippen LogP contribution in [0.15, 0.2) is 22.3 Å². The summed E-state index contributed by atoms with van der Waals surface area (Å²) in [5.74, 6) is 0. The Bertz CT molecular complexity index is 152. The van der Waals surface area contributed by atoms with Gasteiger partial charge in [-0.3, -0.25) is 0 Å². The predicted octanol–water partition coefficient (Wildman–Crippen LogP) is 2.62. The lowest BCUT2D eigenvalue weighted by Gasteiger charge is -1.94. The van der Waals surface area contributed by atoms with Crippen molar-refractivity contribution in [1.29, 1.82) is 0 Å². The second-order valence-corrected chi connectivity index (χ2v) is 4.31. The fraction of sp³-hybridized carbons (Fsp3) is 0.286. The summed E-state index contributed by atoms with van der Waals surface area (Å²) in [4.78, 5) is 0. The Kier molecular flexibility index (Phi) is 2.46. The van der Waals surface area contributed by atoms with Gasteiger partial charge in [0.15, 0.2) is 0 Å². The standard InChI is InChI=1S/C7H9I/c1-2-7-5-3-4-6-8-7/h3-6H,2H2,1H3. The molecule has 0 atom stereocenters. The van der Waals surface area contributed by atoms with Crippen molar-refractivity contribution in [3.63, 3.8) is 0 Å². The van der Waals surface area contributed by atoms with E-state index in [1.54, 1.807) is 3.51 Å². The molecule has 0 spiro atoms. The molecule has 0 bridgehead atoms. The molecule has 0 N–H and O–H groups in total. The van der Waals surface area contributed by atoms with E-state index in [2.05, 4.69) is 29.2 Å². The second kappa shape index (κ2) is 3.17. The third-order valence-corrected chi connectivity index (χ3v) is 3.70. The maximum atomic E-state index is 2.30. The molecule has 8 heavy (non-hydrogen) atoms. The highest BCUT2D eigenvalue weighted by molar-refractivity contribution is 14.2. The molecular weight excluding hydrogens is 211 g/mol. The van der Waals surface area contributed by atoms with Gasteiger partial charge in [-0.15, -0.1) is 0 Å². The average Bonchev–Trinajstić information content (AvgIpc) is 1.90. The highest BCUT2D eigenvalue weighted by Gasteiger charge is 1.86. The lowest BCUT2D eigenvalue weighted by molar-refractivity contribution is 1.33. The highest BCUT2D eigenvalue weighted by atomic mass is 127. The van der Waals surface area contributed by atoms with Crippen LogP contribution in [0, 0.1) is 0 Å². The molecule has 1 heteroatoms. The van der Waals surface area contributed by atoms with Gasteiger partial charge in [-0.1, -0.05) is 45.9 Å². The molecule has 0 amide bonds. The van der Waals surface area contributed by atoms with Crippen molar-refractivity contribution in [3.05, 3.63) is 22.3 Å². The largest absolute Gasteiger partial charge is 0.0902 e. The van der Waals surface area contributed by atoms with Crippen molar-refractivity contribution in [3.8, 4) is 0 Å². The molecule has 0 aromatic heterocycles. The summed E-state index contributed by atoms with van der Waals surface area (Å²) >= 11 is 0.298. The molecule has 1 rings (SSSR count). The summed E-state index contributed by atoms with van der Waals surface area (Å²) in [7, 11) is 0. The smallest absolute Gasteiger partial charge is 0.0150 e. The van der Waals surface area contributed by atoms with Gasteiger partial charge in [0.05, 0.1) is 0 Å². The summed E-state index contributed by atoms with van der Waals surface area (Å²) in [6.45, 7) is 2.22. The van der Waals surface area contributed by atoms with E-state index >= 15 is 0 Å². The molecule has 1 aliphatic rings. The number of hydrogen-bond acceptors (Lipinski definition) is 0. The number of hydrogen-bond donors (Lipinski definition) is 0. The van der Waals surface area contributed by atoms with Crippen LogP contribution in [0.1, 0.15) is 13.3 Å². The topological polar surface area (TPSA) is 0 Å². The van der Waals surface area contributed by atoms with Crippen LogP contribution >= 0.6 is 20.7 Å². The van der Waals surface area contributed by atoms with E-state index in [1.807, 2.05) is 0 Å². The van der Waals surface area contributed by atoms with Gasteiger partial charge >= 0.3 is 0 Å².